The lowest BCUT2D eigenvalue weighted by atomic mass is 10.0. The zero-order valence-corrected chi connectivity index (χ0v) is 18.9. The second-order valence-electron chi connectivity index (χ2n) is 7.08. The summed E-state index contributed by atoms with van der Waals surface area (Å²) in [6.07, 6.45) is 3.02. The van der Waals surface area contributed by atoms with Gasteiger partial charge in [-0.15, -0.1) is 0 Å². The van der Waals surface area contributed by atoms with Crippen LogP contribution in [0.2, 0.25) is 0 Å². The number of nitrogen functional groups attached to an aromatic ring is 1. The number of hydrogen-bond acceptors (Lipinski definition) is 6. The monoisotopic (exact) mass is 451 g/mol. The molecule has 7 N–H and O–H groups in total. The molecule has 1 atom stereocenters. The lowest BCUT2D eigenvalue weighted by Gasteiger charge is -2.03. The molecule has 7 nitrogen and oxygen atoms in total. The second kappa shape index (κ2) is 16.0. The van der Waals surface area contributed by atoms with Gasteiger partial charge in [0.05, 0.1) is 12.8 Å². The van der Waals surface area contributed by atoms with Crippen LogP contribution in [0.15, 0.2) is 78.9 Å². The summed E-state index contributed by atoms with van der Waals surface area (Å²) < 4.78 is 4.92. The highest BCUT2D eigenvalue weighted by atomic mass is 16.5. The first kappa shape index (κ1) is 27.4. The summed E-state index contributed by atoms with van der Waals surface area (Å²) in [6, 6.07) is 24.3. The van der Waals surface area contributed by atoms with Gasteiger partial charge in [-0.2, -0.15) is 0 Å². The first-order valence-corrected chi connectivity index (χ1v) is 10.6. The number of carboxylic acid groups (broad SMARTS) is 1. The van der Waals surface area contributed by atoms with Crippen LogP contribution in [0.5, 0.6) is 5.75 Å². The van der Waals surface area contributed by atoms with Crippen LogP contribution in [0.25, 0.3) is 11.1 Å². The Morgan fingerprint density at radius 3 is 2.00 bits per heavy atom. The summed E-state index contributed by atoms with van der Waals surface area (Å²) in [4.78, 5) is 20.6. The third-order valence-electron chi connectivity index (χ3n) is 4.58. The van der Waals surface area contributed by atoms with Gasteiger partial charge < -0.3 is 27.0 Å². The van der Waals surface area contributed by atoms with Crippen LogP contribution in [0.3, 0.4) is 0 Å². The van der Waals surface area contributed by atoms with E-state index >= 15 is 0 Å². The largest absolute Gasteiger partial charge is 0.495 e. The van der Waals surface area contributed by atoms with Crippen LogP contribution in [0, 0.1) is 0 Å². The van der Waals surface area contributed by atoms with Gasteiger partial charge in [0.2, 0.25) is 0 Å². The summed E-state index contributed by atoms with van der Waals surface area (Å²) in [6.45, 7) is 0.604. The molecule has 7 heteroatoms. The van der Waals surface area contributed by atoms with Crippen LogP contribution >= 0.6 is 0 Å². The Balaban J connectivity index is 0.000000257. The topological polar surface area (TPSA) is 142 Å². The number of ether oxygens (including phenoxy) is 1. The number of aldehydes is 1. The third-order valence-corrected chi connectivity index (χ3v) is 4.58. The number of carbonyl (C=O) groups excluding carboxylic acids is 1. The minimum atomic E-state index is -0.933. The van der Waals surface area contributed by atoms with Gasteiger partial charge in [0.15, 0.2) is 0 Å². The maximum Gasteiger partial charge on any atom is 0.320 e. The van der Waals surface area contributed by atoms with E-state index in [0.717, 1.165) is 30.4 Å². The maximum absolute atomic E-state index is 10.5. The molecule has 0 unspecified atom stereocenters. The Morgan fingerprint density at radius 2 is 1.52 bits per heavy atom. The Kier molecular flexibility index (Phi) is 13.3. The minimum Gasteiger partial charge on any atom is -0.495 e. The predicted molar refractivity (Wildman–Crippen MR) is 133 cm³/mol. The van der Waals surface area contributed by atoms with Crippen molar-refractivity contribution >= 4 is 17.9 Å². The van der Waals surface area contributed by atoms with Gasteiger partial charge >= 0.3 is 5.97 Å². The summed E-state index contributed by atoms with van der Waals surface area (Å²) in [7, 11) is 1.60. The van der Waals surface area contributed by atoms with E-state index in [1.807, 2.05) is 60.7 Å². The molecular formula is C26H33N3O4. The number of hydrogen-bond donors (Lipinski definition) is 4. The average Bonchev–Trinajstić information content (AvgIpc) is 2.86. The molecule has 0 aliphatic heterocycles. The van der Waals surface area contributed by atoms with E-state index in [-0.39, 0.29) is 0 Å². The molecule has 0 spiro atoms. The third kappa shape index (κ3) is 11.0. The number of carboxylic acids is 1. The summed E-state index contributed by atoms with van der Waals surface area (Å²) >= 11 is 0. The maximum atomic E-state index is 10.5. The molecule has 0 aliphatic carbocycles. The molecule has 0 amide bonds. The number of nitrogens with two attached hydrogens (primary N) is 3. The normalized spacial score (nSPS) is 10.5. The molecule has 0 saturated carbocycles. The van der Waals surface area contributed by atoms with E-state index in [9.17, 15) is 9.59 Å². The number of anilines is 1. The van der Waals surface area contributed by atoms with E-state index < -0.39 is 12.0 Å². The van der Waals surface area contributed by atoms with Crippen molar-refractivity contribution in [2.24, 2.45) is 11.5 Å². The number of carbonyl (C=O) groups is 2. The molecule has 0 heterocycles. The van der Waals surface area contributed by atoms with Crippen molar-refractivity contribution < 1.29 is 19.4 Å². The SMILES string of the molecule is COc1ccccc1N.NCCCC[C@H](N)C(=O)O.O=Cc1ccc(-c2ccccc2)cc1. The van der Waals surface area contributed by atoms with E-state index in [2.05, 4.69) is 12.1 Å². The second-order valence-corrected chi connectivity index (χ2v) is 7.08. The van der Waals surface area contributed by atoms with Gasteiger partial charge in [-0.25, -0.2) is 0 Å². The molecule has 3 rings (SSSR count). The zero-order valence-electron chi connectivity index (χ0n) is 18.9. The molecule has 0 aromatic heterocycles. The molecule has 0 saturated heterocycles. The molecule has 3 aromatic carbocycles. The van der Waals surface area contributed by atoms with Crippen LogP contribution in [-0.2, 0) is 4.79 Å². The summed E-state index contributed by atoms with van der Waals surface area (Å²) in [5.74, 6) is -0.200. The molecule has 176 valence electrons. The highest BCUT2D eigenvalue weighted by Gasteiger charge is 2.09. The van der Waals surface area contributed by atoms with Gasteiger partial charge in [0, 0.05) is 5.56 Å². The van der Waals surface area contributed by atoms with Gasteiger partial charge in [0.1, 0.15) is 18.1 Å². The lowest BCUT2D eigenvalue weighted by molar-refractivity contribution is -0.138. The number of para-hydroxylation sites is 2. The molecule has 33 heavy (non-hydrogen) atoms. The van der Waals surface area contributed by atoms with Crippen molar-refractivity contribution in [2.75, 3.05) is 19.4 Å². The Hall–Kier alpha value is -3.68. The Bertz CT molecular complexity index is 947. The highest BCUT2D eigenvalue weighted by molar-refractivity contribution is 5.76. The number of unbranched alkanes of at least 4 members (excludes halogenated alkanes) is 1. The first-order valence-electron chi connectivity index (χ1n) is 10.6. The first-order chi connectivity index (χ1) is 15.9. The zero-order chi connectivity index (χ0) is 24.5. The fraction of sp³-hybridized carbons (Fsp3) is 0.231. The fourth-order valence-electron chi connectivity index (χ4n) is 2.68. The van der Waals surface area contributed by atoms with Gasteiger partial charge in [-0.3, -0.25) is 9.59 Å². The van der Waals surface area contributed by atoms with Crippen LogP contribution in [-0.4, -0.2) is 37.1 Å². The molecule has 3 aromatic rings. The number of aliphatic carboxylic acids is 1. The van der Waals surface area contributed by atoms with Crippen LogP contribution in [0.1, 0.15) is 29.6 Å². The van der Waals surface area contributed by atoms with E-state index in [0.29, 0.717) is 24.2 Å². The van der Waals surface area contributed by atoms with Gasteiger partial charge in [-0.05, 0) is 42.6 Å². The molecule has 0 radical (unpaired) electrons. The van der Waals surface area contributed by atoms with Gasteiger partial charge in [0.25, 0.3) is 0 Å². The molecule has 0 aliphatic rings. The fourth-order valence-corrected chi connectivity index (χ4v) is 2.68. The smallest absolute Gasteiger partial charge is 0.320 e. The van der Waals surface area contributed by atoms with Crippen molar-refractivity contribution in [3.8, 4) is 16.9 Å². The van der Waals surface area contributed by atoms with Crippen molar-refractivity contribution in [2.45, 2.75) is 25.3 Å². The van der Waals surface area contributed by atoms with Crippen molar-refractivity contribution in [3.05, 3.63) is 84.4 Å². The lowest BCUT2D eigenvalue weighted by Crippen LogP contribution is -2.29. The van der Waals surface area contributed by atoms with E-state index in [1.165, 1.54) is 5.56 Å². The minimum absolute atomic E-state index is 0.520. The number of rotatable bonds is 8. The van der Waals surface area contributed by atoms with Crippen molar-refractivity contribution in [1.82, 2.24) is 0 Å². The van der Waals surface area contributed by atoms with Crippen LogP contribution < -0.4 is 21.9 Å². The van der Waals surface area contributed by atoms with Gasteiger partial charge in [-0.1, -0.05) is 73.2 Å². The van der Waals surface area contributed by atoms with E-state index in [4.69, 9.17) is 27.0 Å². The molecule has 0 fully saturated rings. The Morgan fingerprint density at radius 1 is 0.939 bits per heavy atom. The summed E-state index contributed by atoms with van der Waals surface area (Å²) in [5, 5.41) is 8.33. The summed E-state index contributed by atoms with van der Waals surface area (Å²) in [5.41, 5.74) is 19.6. The number of methoxy groups -OCH3 is 1. The van der Waals surface area contributed by atoms with Crippen LogP contribution in [0.4, 0.5) is 5.69 Å². The molecular weight excluding hydrogens is 418 g/mol. The highest BCUT2D eigenvalue weighted by Crippen LogP contribution is 2.19. The van der Waals surface area contributed by atoms with Crippen molar-refractivity contribution in [3.63, 3.8) is 0 Å². The standard InChI is InChI=1S/C13H10O.C7H9NO.C6H14N2O2/c14-10-11-6-8-13(9-7-11)12-4-2-1-3-5-12;1-9-7-5-3-2-4-6(7)8;7-4-2-1-3-5(8)6(9)10/h1-10H;2-5H,8H2,1H3;5H,1-4,7-8H2,(H,9,10)/t;;5-/m..0/s1. The number of benzene rings is 3. The predicted octanol–water partition coefficient (Wildman–Crippen LogP) is 3.97. The van der Waals surface area contributed by atoms with Crippen molar-refractivity contribution in [1.29, 1.82) is 0 Å². The quantitative estimate of drug-likeness (QED) is 0.231. The van der Waals surface area contributed by atoms with E-state index in [1.54, 1.807) is 13.2 Å². The Labute approximate surface area is 195 Å². The molecule has 0 bridgehead atoms. The average molecular weight is 452 g/mol.